The molecular weight excluding hydrogens is 136 g/mol. The Bertz CT molecular complexity index is 97.1. The first-order valence-electron chi connectivity index (χ1n) is 3.44. The van der Waals surface area contributed by atoms with E-state index in [1.165, 1.54) is 12.8 Å². The third-order valence-electron chi connectivity index (χ3n) is 1.98. The molecule has 0 unspecified atom stereocenters. The van der Waals surface area contributed by atoms with Gasteiger partial charge in [-0.2, -0.15) is 0 Å². The maximum atomic E-state index is 10.2. The van der Waals surface area contributed by atoms with E-state index in [4.69, 9.17) is 11.6 Å². The maximum Gasteiger partial charge on any atom is 0.138 e. The first-order chi connectivity index (χ1) is 4.34. The quantitative estimate of drug-likeness (QED) is 0.430. The van der Waals surface area contributed by atoms with Crippen molar-refractivity contribution in [2.45, 2.75) is 31.1 Å². The largest absolute Gasteiger partial charge is 0.302 e. The van der Waals surface area contributed by atoms with Gasteiger partial charge >= 0.3 is 0 Å². The molecule has 1 atom stereocenters. The van der Waals surface area contributed by atoms with Crippen LogP contribution < -0.4 is 0 Å². The van der Waals surface area contributed by atoms with Gasteiger partial charge in [0.2, 0.25) is 0 Å². The fraction of sp³-hybridized carbons (Fsp3) is 0.857. The normalized spacial score (nSPS) is 24.1. The highest BCUT2D eigenvalue weighted by atomic mass is 35.5. The monoisotopic (exact) mass is 146 g/mol. The summed E-state index contributed by atoms with van der Waals surface area (Å²) in [5.74, 6) is 0.476. The van der Waals surface area contributed by atoms with Crippen molar-refractivity contribution < 1.29 is 4.79 Å². The van der Waals surface area contributed by atoms with E-state index in [0.29, 0.717) is 5.92 Å². The SMILES string of the molecule is O=C[C@@H](Cl)C1CCCC1. The number of alkyl halides is 1. The minimum Gasteiger partial charge on any atom is -0.302 e. The molecule has 0 aliphatic heterocycles. The molecule has 0 saturated heterocycles. The van der Waals surface area contributed by atoms with Crippen molar-refractivity contribution in [2.24, 2.45) is 5.92 Å². The van der Waals surface area contributed by atoms with Crippen LogP contribution in [0.15, 0.2) is 0 Å². The molecule has 0 heterocycles. The van der Waals surface area contributed by atoms with Gasteiger partial charge in [-0.3, -0.25) is 0 Å². The van der Waals surface area contributed by atoms with Crippen LogP contribution in [-0.2, 0) is 4.79 Å². The Kier molecular flexibility index (Phi) is 2.52. The Morgan fingerprint density at radius 1 is 1.44 bits per heavy atom. The number of carbonyl (C=O) groups is 1. The van der Waals surface area contributed by atoms with Crippen molar-refractivity contribution in [3.8, 4) is 0 Å². The Hall–Kier alpha value is -0.0400. The first-order valence-corrected chi connectivity index (χ1v) is 3.87. The summed E-state index contributed by atoms with van der Waals surface area (Å²) in [4.78, 5) is 10.2. The Morgan fingerprint density at radius 3 is 2.44 bits per heavy atom. The van der Waals surface area contributed by atoms with E-state index >= 15 is 0 Å². The molecule has 0 aromatic heterocycles. The second-order valence-corrected chi connectivity index (χ2v) is 3.13. The highest BCUT2D eigenvalue weighted by Gasteiger charge is 2.21. The molecule has 1 aliphatic carbocycles. The first kappa shape index (κ1) is 7.07. The minimum atomic E-state index is -0.215. The lowest BCUT2D eigenvalue weighted by Crippen LogP contribution is -2.11. The van der Waals surface area contributed by atoms with Crippen molar-refractivity contribution in [2.75, 3.05) is 0 Å². The standard InChI is InChI=1S/C7H11ClO/c8-7(5-9)6-3-1-2-4-6/h5-7H,1-4H2/t7-/m1/s1. The average Bonchev–Trinajstić information content (AvgIpc) is 2.37. The van der Waals surface area contributed by atoms with Gasteiger partial charge in [0.1, 0.15) is 6.29 Å². The van der Waals surface area contributed by atoms with E-state index in [1.54, 1.807) is 0 Å². The van der Waals surface area contributed by atoms with E-state index in [0.717, 1.165) is 19.1 Å². The third kappa shape index (κ3) is 1.68. The molecule has 0 aromatic rings. The van der Waals surface area contributed by atoms with Gasteiger partial charge in [0.15, 0.2) is 0 Å². The zero-order valence-electron chi connectivity index (χ0n) is 5.35. The van der Waals surface area contributed by atoms with Crippen LogP contribution in [0, 0.1) is 5.92 Å². The lowest BCUT2D eigenvalue weighted by Gasteiger charge is -2.07. The second-order valence-electron chi connectivity index (χ2n) is 2.63. The lowest BCUT2D eigenvalue weighted by atomic mass is 10.1. The number of hydrogen-bond donors (Lipinski definition) is 0. The van der Waals surface area contributed by atoms with E-state index in [-0.39, 0.29) is 5.38 Å². The fourth-order valence-corrected chi connectivity index (χ4v) is 1.64. The predicted octanol–water partition coefficient (Wildman–Crippen LogP) is 1.98. The van der Waals surface area contributed by atoms with E-state index < -0.39 is 0 Å². The summed E-state index contributed by atoms with van der Waals surface area (Å²) in [6.07, 6.45) is 5.65. The lowest BCUT2D eigenvalue weighted by molar-refractivity contribution is -0.108. The molecule has 0 spiro atoms. The Labute approximate surface area is 60.4 Å². The third-order valence-corrected chi connectivity index (χ3v) is 2.44. The number of halogens is 1. The van der Waals surface area contributed by atoms with E-state index in [2.05, 4.69) is 0 Å². The van der Waals surface area contributed by atoms with Crippen LogP contribution in [0.1, 0.15) is 25.7 Å². The summed E-state index contributed by atoms with van der Waals surface area (Å²) in [7, 11) is 0. The molecule has 0 radical (unpaired) electrons. The van der Waals surface area contributed by atoms with Gasteiger partial charge in [-0.25, -0.2) is 0 Å². The van der Waals surface area contributed by atoms with Crippen LogP contribution in [0.4, 0.5) is 0 Å². The van der Waals surface area contributed by atoms with Crippen LogP contribution in [0.2, 0.25) is 0 Å². The fourth-order valence-electron chi connectivity index (χ4n) is 1.39. The van der Waals surface area contributed by atoms with Gasteiger partial charge in [0.05, 0.1) is 5.38 Å². The average molecular weight is 147 g/mol. The van der Waals surface area contributed by atoms with Gasteiger partial charge < -0.3 is 4.79 Å². The van der Waals surface area contributed by atoms with Crippen LogP contribution in [0.25, 0.3) is 0 Å². The molecule has 52 valence electrons. The molecule has 0 amide bonds. The van der Waals surface area contributed by atoms with Crippen LogP contribution in [0.3, 0.4) is 0 Å². The summed E-state index contributed by atoms with van der Waals surface area (Å²) in [6.45, 7) is 0. The molecule has 1 saturated carbocycles. The highest BCUT2D eigenvalue weighted by molar-refractivity contribution is 6.27. The number of aldehydes is 1. The molecule has 9 heavy (non-hydrogen) atoms. The molecule has 1 rings (SSSR count). The summed E-state index contributed by atoms with van der Waals surface area (Å²) >= 11 is 5.70. The topological polar surface area (TPSA) is 17.1 Å². The van der Waals surface area contributed by atoms with Crippen LogP contribution in [0.5, 0.6) is 0 Å². The molecular formula is C7H11ClO. The van der Waals surface area contributed by atoms with Gasteiger partial charge in [0, 0.05) is 0 Å². The Balaban J connectivity index is 2.32. The van der Waals surface area contributed by atoms with Gasteiger partial charge in [0.25, 0.3) is 0 Å². The van der Waals surface area contributed by atoms with Crippen molar-refractivity contribution in [3.63, 3.8) is 0 Å². The molecule has 1 fully saturated rings. The molecule has 0 N–H and O–H groups in total. The maximum absolute atomic E-state index is 10.2. The zero-order chi connectivity index (χ0) is 6.69. The molecule has 0 bridgehead atoms. The van der Waals surface area contributed by atoms with Crippen LogP contribution in [-0.4, -0.2) is 11.7 Å². The van der Waals surface area contributed by atoms with E-state index in [1.807, 2.05) is 0 Å². The molecule has 1 aliphatic rings. The predicted molar refractivity (Wildman–Crippen MR) is 37.7 cm³/mol. The zero-order valence-corrected chi connectivity index (χ0v) is 6.10. The summed E-state index contributed by atoms with van der Waals surface area (Å²) < 4.78 is 0. The van der Waals surface area contributed by atoms with Crippen molar-refractivity contribution in [3.05, 3.63) is 0 Å². The minimum absolute atomic E-state index is 0.215. The molecule has 0 aromatic carbocycles. The summed E-state index contributed by atoms with van der Waals surface area (Å²) in [6, 6.07) is 0. The van der Waals surface area contributed by atoms with E-state index in [9.17, 15) is 4.79 Å². The summed E-state index contributed by atoms with van der Waals surface area (Å²) in [5.41, 5.74) is 0. The highest BCUT2D eigenvalue weighted by Crippen LogP contribution is 2.29. The smallest absolute Gasteiger partial charge is 0.138 e. The van der Waals surface area contributed by atoms with Crippen molar-refractivity contribution in [1.82, 2.24) is 0 Å². The van der Waals surface area contributed by atoms with Gasteiger partial charge in [-0.15, -0.1) is 11.6 Å². The van der Waals surface area contributed by atoms with Crippen molar-refractivity contribution >= 4 is 17.9 Å². The van der Waals surface area contributed by atoms with Crippen molar-refractivity contribution in [1.29, 1.82) is 0 Å². The Morgan fingerprint density at radius 2 is 2.00 bits per heavy atom. The van der Waals surface area contributed by atoms with Crippen LogP contribution >= 0.6 is 11.6 Å². The molecule has 2 heteroatoms. The number of carbonyl (C=O) groups excluding carboxylic acids is 1. The number of hydrogen-bond acceptors (Lipinski definition) is 1. The number of rotatable bonds is 2. The second kappa shape index (κ2) is 3.21. The van der Waals surface area contributed by atoms with Gasteiger partial charge in [-0.05, 0) is 18.8 Å². The summed E-state index contributed by atoms with van der Waals surface area (Å²) in [5, 5.41) is -0.215. The molecule has 1 nitrogen and oxygen atoms in total. The van der Waals surface area contributed by atoms with Gasteiger partial charge in [-0.1, -0.05) is 12.8 Å².